The van der Waals surface area contributed by atoms with E-state index in [1.165, 1.54) is 35.0 Å². The summed E-state index contributed by atoms with van der Waals surface area (Å²) in [6.07, 6.45) is 6.69. The van der Waals surface area contributed by atoms with Crippen LogP contribution in [-0.2, 0) is 12.8 Å². The third-order valence-corrected chi connectivity index (χ3v) is 4.90. The Balaban J connectivity index is 1.76. The van der Waals surface area contributed by atoms with E-state index in [1.807, 2.05) is 6.92 Å². The van der Waals surface area contributed by atoms with Crippen molar-refractivity contribution in [2.75, 3.05) is 5.32 Å². The summed E-state index contributed by atoms with van der Waals surface area (Å²) in [5.74, 6) is 1.71. The van der Waals surface area contributed by atoms with E-state index in [0.717, 1.165) is 22.9 Å². The smallest absolute Gasteiger partial charge is 0.146 e. The maximum Gasteiger partial charge on any atom is 0.146 e. The SMILES string of the molecule is CC(Nc1ncnc2sc3c(c12)CCC3)c1ncn[nH]1. The number of hydrogen-bond acceptors (Lipinski definition) is 6. The Kier molecular flexibility index (Phi) is 2.66. The Morgan fingerprint density at radius 2 is 2.20 bits per heavy atom. The van der Waals surface area contributed by atoms with E-state index < -0.39 is 0 Å². The van der Waals surface area contributed by atoms with Crippen LogP contribution in [0, 0.1) is 0 Å². The molecular formula is C13H14N6S. The van der Waals surface area contributed by atoms with Gasteiger partial charge in [0, 0.05) is 4.88 Å². The van der Waals surface area contributed by atoms with Crippen molar-refractivity contribution in [3.05, 3.63) is 28.9 Å². The molecule has 0 saturated heterocycles. The van der Waals surface area contributed by atoms with Crippen molar-refractivity contribution in [3.8, 4) is 0 Å². The van der Waals surface area contributed by atoms with Crippen LogP contribution >= 0.6 is 11.3 Å². The molecule has 7 heteroatoms. The van der Waals surface area contributed by atoms with Crippen molar-refractivity contribution < 1.29 is 0 Å². The molecule has 0 aromatic carbocycles. The first-order valence-corrected chi connectivity index (χ1v) is 7.51. The van der Waals surface area contributed by atoms with Crippen molar-refractivity contribution in [2.24, 2.45) is 0 Å². The van der Waals surface area contributed by atoms with Crippen molar-refractivity contribution in [1.29, 1.82) is 0 Å². The van der Waals surface area contributed by atoms with Gasteiger partial charge in [-0.25, -0.2) is 15.0 Å². The summed E-state index contributed by atoms with van der Waals surface area (Å²) in [6.45, 7) is 2.04. The normalized spacial score (nSPS) is 15.4. The molecule has 0 fully saturated rings. The molecule has 1 aliphatic rings. The Labute approximate surface area is 119 Å². The van der Waals surface area contributed by atoms with Gasteiger partial charge in [0.05, 0.1) is 11.4 Å². The lowest BCUT2D eigenvalue weighted by molar-refractivity contribution is 0.791. The number of rotatable bonds is 3. The fraction of sp³-hybridized carbons (Fsp3) is 0.385. The zero-order valence-electron chi connectivity index (χ0n) is 11.1. The molecule has 3 heterocycles. The summed E-state index contributed by atoms with van der Waals surface area (Å²) < 4.78 is 0. The van der Waals surface area contributed by atoms with Gasteiger partial charge in [0.25, 0.3) is 0 Å². The summed E-state index contributed by atoms with van der Waals surface area (Å²) in [5.41, 5.74) is 1.43. The zero-order valence-corrected chi connectivity index (χ0v) is 11.9. The average molecular weight is 286 g/mol. The van der Waals surface area contributed by atoms with Gasteiger partial charge in [-0.1, -0.05) is 0 Å². The lowest BCUT2D eigenvalue weighted by Gasteiger charge is -2.12. The van der Waals surface area contributed by atoms with Crippen LogP contribution in [0.4, 0.5) is 5.82 Å². The monoisotopic (exact) mass is 286 g/mol. The Bertz CT molecular complexity index is 748. The molecule has 2 N–H and O–H groups in total. The first kappa shape index (κ1) is 11.8. The van der Waals surface area contributed by atoms with Gasteiger partial charge in [0.2, 0.25) is 0 Å². The maximum atomic E-state index is 4.43. The first-order valence-electron chi connectivity index (χ1n) is 6.70. The molecule has 0 spiro atoms. The predicted octanol–water partition coefficient (Wildman–Crippen LogP) is 2.47. The summed E-state index contributed by atoms with van der Waals surface area (Å²) in [4.78, 5) is 15.6. The molecule has 1 aliphatic carbocycles. The van der Waals surface area contributed by atoms with Gasteiger partial charge in [0.15, 0.2) is 0 Å². The number of aromatic amines is 1. The van der Waals surface area contributed by atoms with Crippen LogP contribution in [0.3, 0.4) is 0 Å². The van der Waals surface area contributed by atoms with Crippen molar-refractivity contribution >= 4 is 27.4 Å². The molecule has 20 heavy (non-hydrogen) atoms. The van der Waals surface area contributed by atoms with E-state index in [-0.39, 0.29) is 6.04 Å². The minimum absolute atomic E-state index is 0.0348. The second-order valence-corrected chi connectivity index (χ2v) is 6.08. The number of aryl methyl sites for hydroxylation is 2. The molecule has 1 unspecified atom stereocenters. The third-order valence-electron chi connectivity index (χ3n) is 3.70. The van der Waals surface area contributed by atoms with Crippen LogP contribution in [0.5, 0.6) is 0 Å². The van der Waals surface area contributed by atoms with Gasteiger partial charge in [-0.05, 0) is 31.7 Å². The summed E-state index contributed by atoms with van der Waals surface area (Å²) in [7, 11) is 0. The van der Waals surface area contributed by atoms with Crippen LogP contribution in [0.1, 0.15) is 35.7 Å². The van der Waals surface area contributed by atoms with Crippen LogP contribution in [0.2, 0.25) is 0 Å². The fourth-order valence-electron chi connectivity index (χ4n) is 2.74. The molecule has 0 radical (unpaired) electrons. The van der Waals surface area contributed by atoms with Gasteiger partial charge in [-0.3, -0.25) is 5.10 Å². The number of H-pyrrole nitrogens is 1. The van der Waals surface area contributed by atoms with Gasteiger partial charge in [-0.15, -0.1) is 11.3 Å². The van der Waals surface area contributed by atoms with E-state index in [0.29, 0.717) is 0 Å². The number of nitrogens with one attached hydrogen (secondary N) is 2. The van der Waals surface area contributed by atoms with Gasteiger partial charge < -0.3 is 5.32 Å². The van der Waals surface area contributed by atoms with E-state index in [4.69, 9.17) is 0 Å². The zero-order chi connectivity index (χ0) is 13.5. The van der Waals surface area contributed by atoms with Gasteiger partial charge in [0.1, 0.15) is 29.1 Å². The first-order chi connectivity index (χ1) is 9.83. The highest BCUT2D eigenvalue weighted by Gasteiger charge is 2.22. The molecule has 0 saturated carbocycles. The molecule has 0 amide bonds. The lowest BCUT2D eigenvalue weighted by atomic mass is 10.2. The van der Waals surface area contributed by atoms with Crippen LogP contribution in [0.25, 0.3) is 10.2 Å². The molecule has 0 bridgehead atoms. The van der Waals surface area contributed by atoms with Crippen LogP contribution in [-0.4, -0.2) is 25.1 Å². The second kappa shape index (κ2) is 4.52. The molecule has 1 atom stereocenters. The molecular weight excluding hydrogens is 272 g/mol. The average Bonchev–Trinajstić information content (AvgIpc) is 3.15. The van der Waals surface area contributed by atoms with Crippen molar-refractivity contribution in [2.45, 2.75) is 32.2 Å². The quantitative estimate of drug-likeness (QED) is 0.773. The van der Waals surface area contributed by atoms with Crippen molar-refractivity contribution in [3.63, 3.8) is 0 Å². The lowest BCUT2D eigenvalue weighted by Crippen LogP contribution is -2.10. The Hall–Kier alpha value is -2.02. The summed E-state index contributed by atoms with van der Waals surface area (Å²) in [5, 5.41) is 11.4. The maximum absolute atomic E-state index is 4.43. The summed E-state index contributed by atoms with van der Waals surface area (Å²) in [6, 6.07) is 0.0348. The summed E-state index contributed by atoms with van der Waals surface area (Å²) >= 11 is 1.80. The highest BCUT2D eigenvalue weighted by atomic mass is 32.1. The largest absolute Gasteiger partial charge is 0.360 e. The molecule has 4 rings (SSSR count). The van der Waals surface area contributed by atoms with E-state index in [9.17, 15) is 0 Å². The predicted molar refractivity (Wildman–Crippen MR) is 77.9 cm³/mol. The van der Waals surface area contributed by atoms with E-state index in [1.54, 1.807) is 17.7 Å². The number of nitrogens with zero attached hydrogens (tertiary/aromatic N) is 4. The number of anilines is 1. The Morgan fingerprint density at radius 3 is 3.05 bits per heavy atom. The molecule has 3 aromatic heterocycles. The van der Waals surface area contributed by atoms with Crippen molar-refractivity contribution in [1.82, 2.24) is 25.1 Å². The van der Waals surface area contributed by atoms with Gasteiger partial charge >= 0.3 is 0 Å². The van der Waals surface area contributed by atoms with Crippen LogP contribution < -0.4 is 5.32 Å². The number of aromatic nitrogens is 5. The number of fused-ring (bicyclic) bond motifs is 3. The molecule has 3 aromatic rings. The highest BCUT2D eigenvalue weighted by molar-refractivity contribution is 7.19. The van der Waals surface area contributed by atoms with Gasteiger partial charge in [-0.2, -0.15) is 5.10 Å². The second-order valence-electron chi connectivity index (χ2n) is 5.00. The molecule has 102 valence electrons. The minimum Gasteiger partial charge on any atom is -0.360 e. The topological polar surface area (TPSA) is 79.4 Å². The number of hydrogen-bond donors (Lipinski definition) is 2. The minimum atomic E-state index is 0.0348. The highest BCUT2D eigenvalue weighted by Crippen LogP contribution is 2.39. The van der Waals surface area contributed by atoms with E-state index >= 15 is 0 Å². The van der Waals surface area contributed by atoms with Crippen LogP contribution in [0.15, 0.2) is 12.7 Å². The Morgan fingerprint density at radius 1 is 1.25 bits per heavy atom. The van der Waals surface area contributed by atoms with E-state index in [2.05, 4.69) is 30.5 Å². The third kappa shape index (κ3) is 1.77. The number of thiophene rings is 1. The molecule has 0 aliphatic heterocycles. The fourth-order valence-corrected chi connectivity index (χ4v) is 3.96. The standard InChI is InChI=1S/C13H14N6S/c1-7(11-15-6-17-19-11)18-12-10-8-3-2-4-9(8)20-13(10)16-5-14-12/h5-7H,2-4H2,1H3,(H,14,16,18)(H,15,17,19). The molecule has 6 nitrogen and oxygen atoms in total.